The highest BCUT2D eigenvalue weighted by molar-refractivity contribution is 7.89. The minimum absolute atomic E-state index is 0.119. The van der Waals surface area contributed by atoms with E-state index in [1.807, 2.05) is 13.8 Å². The summed E-state index contributed by atoms with van der Waals surface area (Å²) in [5.41, 5.74) is 0. The highest BCUT2D eigenvalue weighted by Gasteiger charge is 2.29. The molecule has 5 heteroatoms. The summed E-state index contributed by atoms with van der Waals surface area (Å²) in [5, 5.41) is 8.98. The molecule has 1 saturated carbocycles. The van der Waals surface area contributed by atoms with Gasteiger partial charge in [-0.1, -0.05) is 13.8 Å². The molecule has 0 spiro atoms. The zero-order valence-electron chi connectivity index (χ0n) is 8.73. The summed E-state index contributed by atoms with van der Waals surface area (Å²) in [6, 6.07) is -0.348. The normalized spacial score (nSPS) is 20.0. The average molecular weight is 221 g/mol. The Kier molecular flexibility index (Phi) is 3.92. The molecule has 1 aliphatic carbocycles. The number of sulfonamides is 1. The Labute approximate surface area is 85.8 Å². The van der Waals surface area contributed by atoms with E-state index in [1.54, 1.807) is 0 Å². The van der Waals surface area contributed by atoms with Gasteiger partial charge in [0.15, 0.2) is 0 Å². The SMILES string of the molecule is CC(C)[C@@H](CO)NS(=O)(=O)CC1CC1. The van der Waals surface area contributed by atoms with Crippen molar-refractivity contribution in [2.24, 2.45) is 11.8 Å². The first-order chi connectivity index (χ1) is 6.44. The first-order valence-corrected chi connectivity index (χ1v) is 6.70. The van der Waals surface area contributed by atoms with E-state index in [1.165, 1.54) is 0 Å². The van der Waals surface area contributed by atoms with Gasteiger partial charge in [0.05, 0.1) is 12.4 Å². The predicted octanol–water partition coefficient (Wildman–Crippen LogP) is 0.333. The van der Waals surface area contributed by atoms with E-state index in [2.05, 4.69) is 4.72 Å². The molecule has 0 aliphatic heterocycles. The van der Waals surface area contributed by atoms with Gasteiger partial charge in [0.1, 0.15) is 0 Å². The second-order valence-electron chi connectivity index (χ2n) is 4.38. The first-order valence-electron chi connectivity index (χ1n) is 5.05. The zero-order chi connectivity index (χ0) is 10.8. The summed E-state index contributed by atoms with van der Waals surface area (Å²) in [6.45, 7) is 3.64. The predicted molar refractivity (Wildman–Crippen MR) is 55.4 cm³/mol. The molecule has 1 fully saturated rings. The van der Waals surface area contributed by atoms with Gasteiger partial charge in [-0.2, -0.15) is 0 Å². The van der Waals surface area contributed by atoms with Gasteiger partial charge < -0.3 is 5.11 Å². The number of aliphatic hydroxyl groups excluding tert-OH is 1. The molecule has 0 saturated heterocycles. The Hall–Kier alpha value is -0.130. The topological polar surface area (TPSA) is 66.4 Å². The van der Waals surface area contributed by atoms with Gasteiger partial charge in [0.2, 0.25) is 10.0 Å². The van der Waals surface area contributed by atoms with E-state index in [0.717, 1.165) is 12.8 Å². The Balaban J connectivity index is 2.46. The van der Waals surface area contributed by atoms with Crippen molar-refractivity contribution in [3.05, 3.63) is 0 Å². The number of hydrogen-bond acceptors (Lipinski definition) is 3. The van der Waals surface area contributed by atoms with Crippen LogP contribution in [0.2, 0.25) is 0 Å². The molecule has 2 N–H and O–H groups in total. The van der Waals surface area contributed by atoms with E-state index in [-0.39, 0.29) is 24.3 Å². The molecule has 0 aromatic carbocycles. The summed E-state index contributed by atoms with van der Waals surface area (Å²) in [7, 11) is -3.18. The van der Waals surface area contributed by atoms with Crippen LogP contribution in [0.5, 0.6) is 0 Å². The molecule has 0 unspecified atom stereocenters. The van der Waals surface area contributed by atoms with Gasteiger partial charge in [-0.05, 0) is 24.7 Å². The number of hydrogen-bond donors (Lipinski definition) is 2. The lowest BCUT2D eigenvalue weighted by atomic mass is 10.1. The molecule has 0 aromatic heterocycles. The van der Waals surface area contributed by atoms with Crippen molar-refractivity contribution in [2.75, 3.05) is 12.4 Å². The van der Waals surface area contributed by atoms with Crippen LogP contribution in [0.1, 0.15) is 26.7 Å². The van der Waals surface area contributed by atoms with Crippen molar-refractivity contribution < 1.29 is 13.5 Å². The number of nitrogens with one attached hydrogen (secondary N) is 1. The minimum Gasteiger partial charge on any atom is -0.395 e. The molecule has 84 valence electrons. The minimum atomic E-state index is -3.18. The van der Waals surface area contributed by atoms with Crippen LogP contribution in [0.25, 0.3) is 0 Å². The molecular weight excluding hydrogens is 202 g/mol. The Morgan fingerprint density at radius 1 is 1.43 bits per heavy atom. The van der Waals surface area contributed by atoms with Crippen molar-refractivity contribution in [1.82, 2.24) is 4.72 Å². The number of aliphatic hydroxyl groups is 1. The third-order valence-corrected chi connectivity index (χ3v) is 4.06. The van der Waals surface area contributed by atoms with Crippen molar-refractivity contribution in [3.63, 3.8) is 0 Å². The molecule has 0 radical (unpaired) electrons. The van der Waals surface area contributed by atoms with E-state index in [0.29, 0.717) is 5.92 Å². The standard InChI is InChI=1S/C9H19NO3S/c1-7(2)9(5-11)10-14(12,13)6-8-3-4-8/h7-11H,3-6H2,1-2H3/t9-/m1/s1. The summed E-state index contributed by atoms with van der Waals surface area (Å²) >= 11 is 0. The molecule has 14 heavy (non-hydrogen) atoms. The van der Waals surface area contributed by atoms with Crippen LogP contribution in [-0.4, -0.2) is 31.9 Å². The smallest absolute Gasteiger partial charge is 0.212 e. The van der Waals surface area contributed by atoms with Crippen LogP contribution in [-0.2, 0) is 10.0 Å². The van der Waals surface area contributed by atoms with Crippen LogP contribution >= 0.6 is 0 Å². The van der Waals surface area contributed by atoms with Crippen molar-refractivity contribution in [2.45, 2.75) is 32.7 Å². The second kappa shape index (κ2) is 4.59. The highest BCUT2D eigenvalue weighted by atomic mass is 32.2. The molecule has 0 bridgehead atoms. The Bertz CT molecular complexity index is 270. The lowest BCUT2D eigenvalue weighted by Gasteiger charge is -2.19. The average Bonchev–Trinajstić information content (AvgIpc) is 2.82. The summed E-state index contributed by atoms with van der Waals surface area (Å²) < 4.78 is 25.6. The van der Waals surface area contributed by atoms with E-state index < -0.39 is 10.0 Å². The van der Waals surface area contributed by atoms with E-state index in [9.17, 15) is 8.42 Å². The molecular formula is C9H19NO3S. The Morgan fingerprint density at radius 3 is 2.36 bits per heavy atom. The zero-order valence-corrected chi connectivity index (χ0v) is 9.55. The van der Waals surface area contributed by atoms with Gasteiger partial charge >= 0.3 is 0 Å². The van der Waals surface area contributed by atoms with Crippen molar-refractivity contribution in [1.29, 1.82) is 0 Å². The van der Waals surface area contributed by atoms with Crippen molar-refractivity contribution in [3.8, 4) is 0 Å². The quantitative estimate of drug-likeness (QED) is 0.679. The molecule has 1 aliphatic rings. The molecule has 0 amide bonds. The maximum absolute atomic E-state index is 11.5. The molecule has 1 atom stereocenters. The fraction of sp³-hybridized carbons (Fsp3) is 1.00. The van der Waals surface area contributed by atoms with Crippen LogP contribution in [0.4, 0.5) is 0 Å². The largest absolute Gasteiger partial charge is 0.395 e. The van der Waals surface area contributed by atoms with Crippen LogP contribution in [0.15, 0.2) is 0 Å². The molecule has 0 heterocycles. The first kappa shape index (κ1) is 11.9. The number of rotatable bonds is 6. The van der Waals surface area contributed by atoms with Crippen LogP contribution < -0.4 is 4.72 Å². The highest BCUT2D eigenvalue weighted by Crippen LogP contribution is 2.30. The van der Waals surface area contributed by atoms with E-state index in [4.69, 9.17) is 5.11 Å². The Morgan fingerprint density at radius 2 is 2.00 bits per heavy atom. The lowest BCUT2D eigenvalue weighted by Crippen LogP contribution is -2.42. The summed E-state index contributed by atoms with van der Waals surface area (Å²) in [5.74, 6) is 0.684. The fourth-order valence-corrected chi connectivity index (χ4v) is 3.12. The molecule has 4 nitrogen and oxygen atoms in total. The van der Waals surface area contributed by atoms with Crippen LogP contribution in [0.3, 0.4) is 0 Å². The fourth-order valence-electron chi connectivity index (χ4n) is 1.26. The summed E-state index contributed by atoms with van der Waals surface area (Å²) in [6.07, 6.45) is 2.04. The molecule has 1 rings (SSSR count). The van der Waals surface area contributed by atoms with Gasteiger partial charge in [-0.15, -0.1) is 0 Å². The third kappa shape index (κ3) is 3.94. The maximum atomic E-state index is 11.5. The maximum Gasteiger partial charge on any atom is 0.212 e. The van der Waals surface area contributed by atoms with Crippen molar-refractivity contribution >= 4 is 10.0 Å². The molecule has 0 aromatic rings. The van der Waals surface area contributed by atoms with E-state index >= 15 is 0 Å². The van der Waals surface area contributed by atoms with Gasteiger partial charge in [-0.3, -0.25) is 0 Å². The third-order valence-electron chi connectivity index (χ3n) is 2.48. The monoisotopic (exact) mass is 221 g/mol. The second-order valence-corrected chi connectivity index (χ2v) is 6.17. The van der Waals surface area contributed by atoms with Crippen LogP contribution in [0, 0.1) is 11.8 Å². The van der Waals surface area contributed by atoms with Gasteiger partial charge in [-0.25, -0.2) is 13.1 Å². The van der Waals surface area contributed by atoms with Gasteiger partial charge in [0, 0.05) is 6.04 Å². The summed E-state index contributed by atoms with van der Waals surface area (Å²) in [4.78, 5) is 0. The lowest BCUT2D eigenvalue weighted by molar-refractivity contribution is 0.227. The van der Waals surface area contributed by atoms with Gasteiger partial charge in [0.25, 0.3) is 0 Å².